The third-order valence-corrected chi connectivity index (χ3v) is 4.60. The van der Waals surface area contributed by atoms with Crippen molar-refractivity contribution in [1.82, 2.24) is 0 Å². The highest BCUT2D eigenvalue weighted by molar-refractivity contribution is 7.15. The number of benzene rings is 1. The summed E-state index contributed by atoms with van der Waals surface area (Å²) in [6.45, 7) is 6.05. The number of anilines is 1. The molecule has 0 radical (unpaired) electrons. The molecule has 0 aliphatic rings. The first-order valence-corrected chi connectivity index (χ1v) is 9.11. The van der Waals surface area contributed by atoms with Gasteiger partial charge in [-0.15, -0.1) is 22.9 Å². The van der Waals surface area contributed by atoms with Crippen LogP contribution in [0.2, 0.25) is 0 Å². The van der Waals surface area contributed by atoms with Crippen LogP contribution in [-0.2, 0) is 9.53 Å². The molecule has 0 aliphatic heterocycles. The summed E-state index contributed by atoms with van der Waals surface area (Å²) < 4.78 is 5.18. The maximum Gasteiger partial charge on any atom is 0.341 e. The van der Waals surface area contributed by atoms with E-state index < -0.39 is 5.97 Å². The van der Waals surface area contributed by atoms with Gasteiger partial charge in [-0.05, 0) is 31.9 Å². The molecule has 1 aromatic heterocycles. The maximum atomic E-state index is 12.4. The zero-order chi connectivity index (χ0) is 17.7. The van der Waals surface area contributed by atoms with E-state index in [1.807, 2.05) is 31.4 Å². The van der Waals surface area contributed by atoms with Crippen molar-refractivity contribution >= 4 is 39.8 Å². The summed E-state index contributed by atoms with van der Waals surface area (Å²) in [6, 6.07) is 6.05. The molecule has 0 spiro atoms. The molecule has 0 aliphatic carbocycles. The SMILES string of the molecule is CCOC(=O)c1c(-c2ccc(C)cc2C)csc1NC(=O)CCCl. The monoisotopic (exact) mass is 365 g/mol. The molecule has 1 N–H and O–H groups in total. The lowest BCUT2D eigenvalue weighted by Gasteiger charge is -2.10. The van der Waals surface area contributed by atoms with Crippen LogP contribution in [0.1, 0.15) is 34.8 Å². The fourth-order valence-corrected chi connectivity index (χ4v) is 3.58. The van der Waals surface area contributed by atoms with Gasteiger partial charge in [0, 0.05) is 23.2 Å². The first kappa shape index (κ1) is 18.5. The normalized spacial score (nSPS) is 10.5. The van der Waals surface area contributed by atoms with Gasteiger partial charge < -0.3 is 10.1 Å². The third-order valence-electron chi connectivity index (χ3n) is 3.52. The van der Waals surface area contributed by atoms with E-state index in [9.17, 15) is 9.59 Å². The third kappa shape index (κ3) is 4.16. The molecular formula is C18H20ClNO3S. The van der Waals surface area contributed by atoms with Crippen molar-refractivity contribution in [2.45, 2.75) is 27.2 Å². The highest BCUT2D eigenvalue weighted by atomic mass is 35.5. The van der Waals surface area contributed by atoms with Gasteiger partial charge in [-0.3, -0.25) is 4.79 Å². The molecule has 1 heterocycles. The van der Waals surface area contributed by atoms with Crippen molar-refractivity contribution in [3.8, 4) is 11.1 Å². The average molecular weight is 366 g/mol. The highest BCUT2D eigenvalue weighted by Crippen LogP contribution is 2.37. The topological polar surface area (TPSA) is 55.4 Å². The molecule has 1 aromatic carbocycles. The summed E-state index contributed by atoms with van der Waals surface area (Å²) in [4.78, 5) is 24.3. The minimum Gasteiger partial charge on any atom is -0.462 e. The zero-order valence-electron chi connectivity index (χ0n) is 13.9. The molecule has 0 atom stereocenters. The number of carbonyl (C=O) groups is 2. The van der Waals surface area contributed by atoms with Gasteiger partial charge in [0.1, 0.15) is 10.6 Å². The van der Waals surface area contributed by atoms with E-state index >= 15 is 0 Å². The van der Waals surface area contributed by atoms with E-state index in [1.54, 1.807) is 6.92 Å². The second-order valence-electron chi connectivity index (χ2n) is 5.38. The quantitative estimate of drug-likeness (QED) is 0.592. The Kier molecular flexibility index (Phi) is 6.40. The lowest BCUT2D eigenvalue weighted by atomic mass is 9.97. The Balaban J connectivity index is 2.49. The molecule has 0 fully saturated rings. The molecular weight excluding hydrogens is 346 g/mol. The second kappa shape index (κ2) is 8.31. The number of nitrogens with one attached hydrogen (secondary N) is 1. The van der Waals surface area contributed by atoms with Gasteiger partial charge in [-0.2, -0.15) is 0 Å². The number of aryl methyl sites for hydroxylation is 2. The predicted octanol–water partition coefficient (Wildman–Crippen LogP) is 4.78. The predicted molar refractivity (Wildman–Crippen MR) is 99.2 cm³/mol. The summed E-state index contributed by atoms with van der Waals surface area (Å²) in [7, 11) is 0. The molecule has 2 rings (SSSR count). The van der Waals surface area contributed by atoms with Gasteiger partial charge in [0.25, 0.3) is 0 Å². The molecule has 6 heteroatoms. The van der Waals surface area contributed by atoms with Gasteiger partial charge in [0.15, 0.2) is 0 Å². The average Bonchev–Trinajstić information content (AvgIpc) is 2.91. The number of thiophene rings is 1. The molecule has 128 valence electrons. The summed E-state index contributed by atoms with van der Waals surface area (Å²) >= 11 is 6.92. The van der Waals surface area contributed by atoms with Crippen LogP contribution in [0.3, 0.4) is 0 Å². The molecule has 0 unspecified atom stereocenters. The highest BCUT2D eigenvalue weighted by Gasteiger charge is 2.23. The lowest BCUT2D eigenvalue weighted by molar-refractivity contribution is -0.115. The van der Waals surface area contributed by atoms with Crippen LogP contribution >= 0.6 is 22.9 Å². The molecule has 0 bridgehead atoms. The van der Waals surface area contributed by atoms with Crippen LogP contribution in [0.25, 0.3) is 11.1 Å². The van der Waals surface area contributed by atoms with Gasteiger partial charge in [0.05, 0.1) is 6.61 Å². The number of carbonyl (C=O) groups excluding carboxylic acids is 2. The second-order valence-corrected chi connectivity index (χ2v) is 6.64. The summed E-state index contributed by atoms with van der Waals surface area (Å²) in [5.74, 6) is -0.421. The Bertz CT molecular complexity index is 755. The smallest absolute Gasteiger partial charge is 0.341 e. The van der Waals surface area contributed by atoms with Crippen LogP contribution in [0, 0.1) is 13.8 Å². The van der Waals surface area contributed by atoms with E-state index in [2.05, 4.69) is 11.4 Å². The van der Waals surface area contributed by atoms with E-state index in [0.29, 0.717) is 10.6 Å². The summed E-state index contributed by atoms with van der Waals surface area (Å²) in [6.07, 6.45) is 0.195. The van der Waals surface area contributed by atoms with Crippen molar-refractivity contribution in [3.05, 3.63) is 40.3 Å². The first-order valence-electron chi connectivity index (χ1n) is 7.70. The fraction of sp³-hybridized carbons (Fsp3) is 0.333. The Labute approximate surface area is 150 Å². The Morgan fingerprint density at radius 3 is 2.62 bits per heavy atom. The zero-order valence-corrected chi connectivity index (χ0v) is 15.5. The van der Waals surface area contributed by atoms with E-state index in [-0.39, 0.29) is 24.8 Å². The Morgan fingerprint density at radius 1 is 1.25 bits per heavy atom. The standard InChI is InChI=1S/C18H20ClNO3S/c1-4-23-18(22)16-14(13-6-5-11(2)9-12(13)3)10-24-17(16)20-15(21)7-8-19/h5-6,9-10H,4,7-8H2,1-3H3,(H,20,21). The van der Waals surface area contributed by atoms with Gasteiger partial charge >= 0.3 is 5.97 Å². The van der Waals surface area contributed by atoms with Gasteiger partial charge in [0.2, 0.25) is 5.91 Å². The van der Waals surface area contributed by atoms with E-state index in [4.69, 9.17) is 16.3 Å². The number of hydrogen-bond donors (Lipinski definition) is 1. The Hall–Kier alpha value is -1.85. The van der Waals surface area contributed by atoms with Crippen LogP contribution in [0.15, 0.2) is 23.6 Å². The molecule has 1 amide bonds. The van der Waals surface area contributed by atoms with Gasteiger partial charge in [-0.1, -0.05) is 23.8 Å². The first-order chi connectivity index (χ1) is 11.5. The maximum absolute atomic E-state index is 12.4. The van der Waals surface area contributed by atoms with Crippen molar-refractivity contribution in [2.75, 3.05) is 17.8 Å². The molecule has 4 nitrogen and oxygen atoms in total. The number of esters is 1. The van der Waals surface area contributed by atoms with E-state index in [1.165, 1.54) is 11.3 Å². The minimum absolute atomic E-state index is 0.195. The summed E-state index contributed by atoms with van der Waals surface area (Å²) in [5.41, 5.74) is 4.35. The van der Waals surface area contributed by atoms with Crippen molar-refractivity contribution < 1.29 is 14.3 Å². The minimum atomic E-state index is -0.435. The van der Waals surface area contributed by atoms with Crippen LogP contribution in [0.4, 0.5) is 5.00 Å². The number of amides is 1. The number of rotatable bonds is 6. The molecule has 24 heavy (non-hydrogen) atoms. The van der Waals surface area contributed by atoms with Crippen LogP contribution in [-0.4, -0.2) is 24.4 Å². The van der Waals surface area contributed by atoms with Crippen molar-refractivity contribution in [1.29, 1.82) is 0 Å². The molecule has 0 saturated heterocycles. The molecule has 0 saturated carbocycles. The van der Waals surface area contributed by atoms with E-state index in [0.717, 1.165) is 22.3 Å². The summed E-state index contributed by atoms with van der Waals surface area (Å²) in [5, 5.41) is 5.14. The lowest BCUT2D eigenvalue weighted by Crippen LogP contribution is -2.14. The van der Waals surface area contributed by atoms with Crippen molar-refractivity contribution in [3.63, 3.8) is 0 Å². The largest absolute Gasteiger partial charge is 0.462 e. The number of halogens is 1. The fourth-order valence-electron chi connectivity index (χ4n) is 2.44. The molecule has 2 aromatic rings. The van der Waals surface area contributed by atoms with Crippen LogP contribution < -0.4 is 5.32 Å². The Morgan fingerprint density at radius 2 is 2.00 bits per heavy atom. The van der Waals surface area contributed by atoms with Crippen molar-refractivity contribution in [2.24, 2.45) is 0 Å². The number of hydrogen-bond acceptors (Lipinski definition) is 4. The number of alkyl halides is 1. The number of ether oxygens (including phenoxy) is 1. The van der Waals surface area contributed by atoms with Crippen LogP contribution in [0.5, 0.6) is 0 Å². The van der Waals surface area contributed by atoms with Gasteiger partial charge in [-0.25, -0.2) is 4.79 Å².